The third-order valence-corrected chi connectivity index (χ3v) is 4.06. The fourth-order valence-corrected chi connectivity index (χ4v) is 2.73. The molecule has 0 saturated heterocycles. The van der Waals surface area contributed by atoms with E-state index in [-0.39, 0.29) is 6.10 Å². The standard InChI is InChI=1S/C12H23NO/c1-13(9-10-3-2-4-10)11-5-7-12(14)8-6-11/h10-12,14H,2-9H2,1H3. The quantitative estimate of drug-likeness (QED) is 0.748. The average molecular weight is 197 g/mol. The predicted molar refractivity (Wildman–Crippen MR) is 58.2 cm³/mol. The molecule has 2 aliphatic rings. The van der Waals surface area contributed by atoms with E-state index in [1.807, 2.05) is 0 Å². The first-order valence-electron chi connectivity index (χ1n) is 6.14. The molecule has 0 radical (unpaired) electrons. The smallest absolute Gasteiger partial charge is 0.0541 e. The van der Waals surface area contributed by atoms with Gasteiger partial charge in [-0.1, -0.05) is 6.42 Å². The molecule has 0 spiro atoms. The molecule has 1 N–H and O–H groups in total. The van der Waals surface area contributed by atoms with Gasteiger partial charge in [-0.25, -0.2) is 0 Å². The van der Waals surface area contributed by atoms with Gasteiger partial charge in [0, 0.05) is 12.6 Å². The van der Waals surface area contributed by atoms with Gasteiger partial charge in [0.05, 0.1) is 6.10 Å². The van der Waals surface area contributed by atoms with Gasteiger partial charge in [0.1, 0.15) is 0 Å². The van der Waals surface area contributed by atoms with Gasteiger partial charge in [0.25, 0.3) is 0 Å². The van der Waals surface area contributed by atoms with E-state index in [0.717, 1.165) is 24.8 Å². The Morgan fingerprint density at radius 1 is 1.07 bits per heavy atom. The van der Waals surface area contributed by atoms with Crippen LogP contribution in [0.15, 0.2) is 0 Å². The molecule has 2 fully saturated rings. The van der Waals surface area contributed by atoms with Crippen LogP contribution in [0.1, 0.15) is 44.9 Å². The molecule has 0 unspecified atom stereocenters. The summed E-state index contributed by atoms with van der Waals surface area (Å²) in [7, 11) is 2.26. The summed E-state index contributed by atoms with van der Waals surface area (Å²) >= 11 is 0. The van der Waals surface area contributed by atoms with Crippen LogP contribution in [-0.2, 0) is 0 Å². The molecule has 82 valence electrons. The largest absolute Gasteiger partial charge is 0.393 e. The second-order valence-electron chi connectivity index (χ2n) is 5.20. The molecule has 0 amide bonds. The SMILES string of the molecule is CN(CC1CCC1)C1CCC(O)CC1. The zero-order valence-corrected chi connectivity index (χ0v) is 9.28. The normalized spacial score (nSPS) is 34.5. The van der Waals surface area contributed by atoms with Crippen LogP contribution >= 0.6 is 0 Å². The highest BCUT2D eigenvalue weighted by Crippen LogP contribution is 2.29. The Kier molecular flexibility index (Phi) is 3.45. The predicted octanol–water partition coefficient (Wildman–Crippen LogP) is 2.02. The maximum Gasteiger partial charge on any atom is 0.0541 e. The molecule has 0 bridgehead atoms. The molecule has 2 saturated carbocycles. The topological polar surface area (TPSA) is 23.5 Å². The number of nitrogens with zero attached hydrogens (tertiary/aromatic N) is 1. The Hall–Kier alpha value is -0.0800. The molecule has 2 heteroatoms. The van der Waals surface area contributed by atoms with Crippen molar-refractivity contribution >= 4 is 0 Å². The molecule has 2 nitrogen and oxygen atoms in total. The van der Waals surface area contributed by atoms with Crippen LogP contribution < -0.4 is 0 Å². The first kappa shape index (κ1) is 10.4. The maximum absolute atomic E-state index is 9.43. The highest BCUT2D eigenvalue weighted by atomic mass is 16.3. The van der Waals surface area contributed by atoms with Crippen molar-refractivity contribution in [2.75, 3.05) is 13.6 Å². The van der Waals surface area contributed by atoms with Gasteiger partial charge in [-0.15, -0.1) is 0 Å². The Balaban J connectivity index is 1.71. The third kappa shape index (κ3) is 2.48. The van der Waals surface area contributed by atoms with E-state index < -0.39 is 0 Å². The zero-order chi connectivity index (χ0) is 9.97. The van der Waals surface area contributed by atoms with Crippen LogP contribution in [0.2, 0.25) is 0 Å². The van der Waals surface area contributed by atoms with Crippen LogP contribution in [0.4, 0.5) is 0 Å². The molecule has 0 aromatic rings. The van der Waals surface area contributed by atoms with Crippen molar-refractivity contribution in [1.29, 1.82) is 0 Å². The third-order valence-electron chi connectivity index (χ3n) is 4.06. The molecule has 0 heterocycles. The van der Waals surface area contributed by atoms with Gasteiger partial charge in [-0.3, -0.25) is 0 Å². The van der Waals surface area contributed by atoms with Gasteiger partial charge in [0.15, 0.2) is 0 Å². The minimum absolute atomic E-state index is 0.0108. The molecule has 0 atom stereocenters. The molecule has 14 heavy (non-hydrogen) atoms. The maximum atomic E-state index is 9.43. The lowest BCUT2D eigenvalue weighted by molar-refractivity contribution is 0.0711. The monoisotopic (exact) mass is 197 g/mol. The van der Waals surface area contributed by atoms with E-state index in [4.69, 9.17) is 0 Å². The van der Waals surface area contributed by atoms with Crippen LogP contribution in [0.3, 0.4) is 0 Å². The van der Waals surface area contributed by atoms with E-state index in [0.29, 0.717) is 0 Å². The molecule has 2 rings (SSSR count). The minimum Gasteiger partial charge on any atom is -0.393 e. The van der Waals surface area contributed by atoms with Gasteiger partial charge in [-0.2, -0.15) is 0 Å². The lowest BCUT2D eigenvalue weighted by atomic mass is 9.84. The number of hydrogen-bond acceptors (Lipinski definition) is 2. The van der Waals surface area contributed by atoms with Gasteiger partial charge < -0.3 is 10.0 Å². The van der Waals surface area contributed by atoms with Crippen LogP contribution in [-0.4, -0.2) is 35.7 Å². The van der Waals surface area contributed by atoms with Gasteiger partial charge in [0.2, 0.25) is 0 Å². The first-order chi connectivity index (χ1) is 6.75. The van der Waals surface area contributed by atoms with E-state index >= 15 is 0 Å². The molecule has 0 aromatic heterocycles. The number of aliphatic hydroxyl groups excluding tert-OH is 1. The van der Waals surface area contributed by atoms with Crippen LogP contribution in [0.25, 0.3) is 0 Å². The van der Waals surface area contributed by atoms with E-state index in [1.165, 1.54) is 38.6 Å². The number of aliphatic hydroxyl groups is 1. The summed E-state index contributed by atoms with van der Waals surface area (Å²) in [6, 6.07) is 0.749. The van der Waals surface area contributed by atoms with Crippen molar-refractivity contribution in [1.82, 2.24) is 4.90 Å². The Labute approximate surface area is 87.3 Å². The lowest BCUT2D eigenvalue weighted by Gasteiger charge is -2.37. The van der Waals surface area contributed by atoms with Gasteiger partial charge >= 0.3 is 0 Å². The highest BCUT2D eigenvalue weighted by Gasteiger charge is 2.26. The van der Waals surface area contributed by atoms with Crippen molar-refractivity contribution in [3.63, 3.8) is 0 Å². The van der Waals surface area contributed by atoms with Crippen molar-refractivity contribution in [3.8, 4) is 0 Å². The first-order valence-corrected chi connectivity index (χ1v) is 6.14. The Bertz CT molecular complexity index is 171. The van der Waals surface area contributed by atoms with Crippen molar-refractivity contribution < 1.29 is 5.11 Å². The molecular formula is C12H23NO. The number of hydrogen-bond donors (Lipinski definition) is 1. The van der Waals surface area contributed by atoms with E-state index in [9.17, 15) is 5.11 Å². The van der Waals surface area contributed by atoms with Crippen molar-refractivity contribution in [3.05, 3.63) is 0 Å². The highest BCUT2D eigenvalue weighted by molar-refractivity contribution is 4.80. The van der Waals surface area contributed by atoms with Crippen LogP contribution in [0.5, 0.6) is 0 Å². The minimum atomic E-state index is -0.0108. The second-order valence-corrected chi connectivity index (χ2v) is 5.20. The summed E-state index contributed by atoms with van der Waals surface area (Å²) in [5.41, 5.74) is 0. The summed E-state index contributed by atoms with van der Waals surface area (Å²) in [6.45, 7) is 1.29. The second kappa shape index (κ2) is 4.63. The fourth-order valence-electron chi connectivity index (χ4n) is 2.73. The van der Waals surface area contributed by atoms with Crippen molar-refractivity contribution in [2.45, 2.75) is 57.1 Å². The summed E-state index contributed by atoms with van der Waals surface area (Å²) in [5.74, 6) is 0.979. The zero-order valence-electron chi connectivity index (χ0n) is 9.28. The Morgan fingerprint density at radius 3 is 2.21 bits per heavy atom. The number of rotatable bonds is 3. The van der Waals surface area contributed by atoms with E-state index in [2.05, 4.69) is 11.9 Å². The van der Waals surface area contributed by atoms with Crippen LogP contribution in [0, 0.1) is 5.92 Å². The fraction of sp³-hybridized carbons (Fsp3) is 1.00. The lowest BCUT2D eigenvalue weighted by Crippen LogP contribution is -2.40. The summed E-state index contributed by atoms with van der Waals surface area (Å²) in [5, 5.41) is 9.43. The Morgan fingerprint density at radius 2 is 1.71 bits per heavy atom. The summed E-state index contributed by atoms with van der Waals surface area (Å²) in [6.07, 6.45) is 8.75. The summed E-state index contributed by atoms with van der Waals surface area (Å²) < 4.78 is 0. The molecular weight excluding hydrogens is 174 g/mol. The average Bonchev–Trinajstić information content (AvgIpc) is 2.12. The molecule has 0 aromatic carbocycles. The molecule has 2 aliphatic carbocycles. The van der Waals surface area contributed by atoms with Crippen molar-refractivity contribution in [2.24, 2.45) is 5.92 Å². The summed E-state index contributed by atoms with van der Waals surface area (Å²) in [4.78, 5) is 2.54. The van der Waals surface area contributed by atoms with Gasteiger partial charge in [-0.05, 0) is 51.5 Å². The van der Waals surface area contributed by atoms with E-state index in [1.54, 1.807) is 0 Å². The molecule has 0 aliphatic heterocycles.